The van der Waals surface area contributed by atoms with Gasteiger partial charge in [0.15, 0.2) is 0 Å². The lowest BCUT2D eigenvalue weighted by molar-refractivity contribution is 0.0387. The number of carbonyl (C=O) groups is 1. The van der Waals surface area contributed by atoms with Gasteiger partial charge in [-0.2, -0.15) is 0 Å². The maximum Gasteiger partial charge on any atom is 0.326 e. The average molecular weight is 288 g/mol. The monoisotopic (exact) mass is 288 g/mol. The first-order chi connectivity index (χ1) is 10.2. The first kappa shape index (κ1) is 13.9. The minimum Gasteiger partial charge on any atom is -0.399 e. The van der Waals surface area contributed by atoms with E-state index in [1.165, 1.54) is 0 Å². The molecule has 3 N–H and O–H groups in total. The van der Waals surface area contributed by atoms with Crippen LogP contribution in [0.5, 0.6) is 0 Å². The highest BCUT2D eigenvalue weighted by atomic mass is 16.5. The number of nitrogens with zero attached hydrogens (tertiary/aromatic N) is 2. The molecule has 3 rings (SSSR count). The number of nitrogens with one attached hydrogen (secondary N) is 1. The van der Waals surface area contributed by atoms with E-state index >= 15 is 0 Å². The van der Waals surface area contributed by atoms with Crippen molar-refractivity contribution in [3.8, 4) is 0 Å². The molecule has 6 nitrogen and oxygen atoms in total. The third-order valence-electron chi connectivity index (χ3n) is 3.74. The number of morpholine rings is 1. The van der Waals surface area contributed by atoms with Crippen molar-refractivity contribution in [2.24, 2.45) is 0 Å². The van der Waals surface area contributed by atoms with Gasteiger partial charge in [0.1, 0.15) is 0 Å². The summed E-state index contributed by atoms with van der Waals surface area (Å²) >= 11 is 0. The molecular weight excluding hydrogens is 268 g/mol. The number of rotatable bonds is 3. The Morgan fingerprint density at radius 2 is 2.10 bits per heavy atom. The highest BCUT2D eigenvalue weighted by Gasteiger charge is 2.12. The van der Waals surface area contributed by atoms with Crippen molar-refractivity contribution in [3.63, 3.8) is 0 Å². The van der Waals surface area contributed by atoms with Crippen molar-refractivity contribution in [2.45, 2.75) is 0 Å². The van der Waals surface area contributed by atoms with E-state index in [2.05, 4.69) is 10.2 Å². The molecule has 21 heavy (non-hydrogen) atoms. The number of hydrogen-bond donors (Lipinski definition) is 2. The van der Waals surface area contributed by atoms with Gasteiger partial charge < -0.3 is 15.8 Å². The molecule has 6 heteroatoms. The van der Waals surface area contributed by atoms with Crippen LogP contribution in [-0.4, -0.2) is 54.9 Å². The van der Waals surface area contributed by atoms with Gasteiger partial charge in [-0.15, -0.1) is 0 Å². The van der Waals surface area contributed by atoms with E-state index in [1.54, 1.807) is 10.8 Å². The molecule has 1 saturated heterocycles. The summed E-state index contributed by atoms with van der Waals surface area (Å²) in [6.45, 7) is 4.87. The minimum atomic E-state index is -0.121. The highest BCUT2D eigenvalue weighted by Crippen LogP contribution is 2.18. The molecule has 2 heterocycles. The lowest BCUT2D eigenvalue weighted by Crippen LogP contribution is -2.42. The van der Waals surface area contributed by atoms with Crippen molar-refractivity contribution >= 4 is 22.6 Å². The van der Waals surface area contributed by atoms with Crippen LogP contribution in [-0.2, 0) is 4.74 Å². The molecule has 1 amide bonds. The number of ether oxygens (including phenoxy) is 1. The Bertz CT molecular complexity index is 632. The number of anilines is 1. The van der Waals surface area contributed by atoms with Crippen molar-refractivity contribution < 1.29 is 9.53 Å². The first-order valence-electron chi connectivity index (χ1n) is 7.19. The van der Waals surface area contributed by atoms with Crippen LogP contribution in [0.4, 0.5) is 10.5 Å². The number of carbonyl (C=O) groups excluding carboxylic acids is 1. The van der Waals surface area contributed by atoms with E-state index in [4.69, 9.17) is 10.5 Å². The number of nitrogen functional groups attached to an aromatic ring is 1. The second kappa shape index (κ2) is 6.15. The summed E-state index contributed by atoms with van der Waals surface area (Å²) in [6.07, 6.45) is 1.77. The van der Waals surface area contributed by atoms with Gasteiger partial charge >= 0.3 is 6.03 Å². The van der Waals surface area contributed by atoms with Crippen LogP contribution >= 0.6 is 0 Å². The average Bonchev–Trinajstić information content (AvgIpc) is 2.91. The zero-order valence-electron chi connectivity index (χ0n) is 11.9. The summed E-state index contributed by atoms with van der Waals surface area (Å²) in [4.78, 5) is 14.5. The molecular formula is C15H20N4O2. The van der Waals surface area contributed by atoms with Crippen LogP contribution < -0.4 is 11.1 Å². The van der Waals surface area contributed by atoms with Crippen LogP contribution in [0.15, 0.2) is 30.5 Å². The third kappa shape index (κ3) is 3.17. The second-order valence-electron chi connectivity index (χ2n) is 5.19. The maximum atomic E-state index is 12.2. The van der Waals surface area contributed by atoms with Gasteiger partial charge in [0.25, 0.3) is 0 Å². The minimum absolute atomic E-state index is 0.121. The van der Waals surface area contributed by atoms with Gasteiger partial charge in [-0.3, -0.25) is 9.47 Å². The molecule has 1 aromatic carbocycles. The van der Waals surface area contributed by atoms with E-state index in [0.29, 0.717) is 12.2 Å². The van der Waals surface area contributed by atoms with Gasteiger partial charge in [0, 0.05) is 43.4 Å². The molecule has 0 spiro atoms. The largest absolute Gasteiger partial charge is 0.399 e. The lowest BCUT2D eigenvalue weighted by atomic mass is 10.2. The van der Waals surface area contributed by atoms with E-state index < -0.39 is 0 Å². The highest BCUT2D eigenvalue weighted by molar-refractivity contribution is 5.93. The summed E-state index contributed by atoms with van der Waals surface area (Å²) in [5.74, 6) is 0. The molecule has 112 valence electrons. The molecule has 0 saturated carbocycles. The topological polar surface area (TPSA) is 72.5 Å². The van der Waals surface area contributed by atoms with Crippen molar-refractivity contribution in [1.29, 1.82) is 0 Å². The van der Waals surface area contributed by atoms with Gasteiger partial charge in [-0.1, -0.05) is 6.07 Å². The van der Waals surface area contributed by atoms with Crippen LogP contribution in [0.2, 0.25) is 0 Å². The van der Waals surface area contributed by atoms with Crippen LogP contribution in [0.25, 0.3) is 10.9 Å². The zero-order chi connectivity index (χ0) is 14.7. The summed E-state index contributed by atoms with van der Waals surface area (Å²) in [5, 5.41) is 3.95. The quantitative estimate of drug-likeness (QED) is 0.830. The fraction of sp³-hybridized carbons (Fsp3) is 0.400. The number of amides is 1. The normalized spacial score (nSPS) is 16.2. The predicted octanol–water partition coefficient (Wildman–Crippen LogP) is 1.11. The molecule has 2 aromatic rings. The number of aromatic nitrogens is 1. The Kier molecular flexibility index (Phi) is 4.08. The number of nitrogens with two attached hydrogens (primary N) is 1. The van der Waals surface area contributed by atoms with Crippen LogP contribution in [0.3, 0.4) is 0 Å². The standard InChI is InChI=1S/C15H20N4O2/c16-13-2-1-12-3-5-19(14(12)11-13)15(20)17-4-6-18-7-9-21-10-8-18/h1-3,5,11H,4,6-10,16H2,(H,17,20). The summed E-state index contributed by atoms with van der Waals surface area (Å²) < 4.78 is 6.90. The van der Waals surface area contributed by atoms with Crippen molar-refractivity contribution in [2.75, 3.05) is 45.1 Å². The molecule has 0 unspecified atom stereocenters. The molecule has 1 aromatic heterocycles. The Morgan fingerprint density at radius 1 is 1.29 bits per heavy atom. The van der Waals surface area contributed by atoms with Crippen LogP contribution in [0, 0.1) is 0 Å². The summed E-state index contributed by atoms with van der Waals surface area (Å²) in [6, 6.07) is 7.36. The number of fused-ring (bicyclic) bond motifs is 1. The Balaban J connectivity index is 1.60. The van der Waals surface area contributed by atoms with Gasteiger partial charge in [0.2, 0.25) is 0 Å². The summed E-state index contributed by atoms with van der Waals surface area (Å²) in [5.41, 5.74) is 7.27. The predicted molar refractivity (Wildman–Crippen MR) is 82.4 cm³/mol. The smallest absolute Gasteiger partial charge is 0.326 e. The molecule has 0 radical (unpaired) electrons. The first-order valence-corrected chi connectivity index (χ1v) is 7.19. The molecule has 0 aliphatic carbocycles. The van der Waals surface area contributed by atoms with Gasteiger partial charge in [0.05, 0.1) is 18.7 Å². The number of benzene rings is 1. The van der Waals surface area contributed by atoms with E-state index in [-0.39, 0.29) is 6.03 Å². The van der Waals surface area contributed by atoms with Crippen LogP contribution in [0.1, 0.15) is 0 Å². The Labute approximate surface area is 123 Å². The number of hydrogen-bond acceptors (Lipinski definition) is 4. The van der Waals surface area contributed by atoms with Gasteiger partial charge in [-0.25, -0.2) is 4.79 Å². The van der Waals surface area contributed by atoms with E-state index in [0.717, 1.165) is 43.8 Å². The Morgan fingerprint density at radius 3 is 2.90 bits per heavy atom. The third-order valence-corrected chi connectivity index (χ3v) is 3.74. The SMILES string of the molecule is Nc1ccc2ccn(C(=O)NCCN3CCOCC3)c2c1. The Hall–Kier alpha value is -2.05. The molecule has 1 aliphatic heterocycles. The van der Waals surface area contributed by atoms with Gasteiger partial charge in [-0.05, 0) is 18.2 Å². The molecule has 0 bridgehead atoms. The van der Waals surface area contributed by atoms with E-state index in [9.17, 15) is 4.79 Å². The maximum absolute atomic E-state index is 12.2. The van der Waals surface area contributed by atoms with Crippen molar-refractivity contribution in [1.82, 2.24) is 14.8 Å². The summed E-state index contributed by atoms with van der Waals surface area (Å²) in [7, 11) is 0. The lowest BCUT2D eigenvalue weighted by Gasteiger charge is -2.26. The fourth-order valence-electron chi connectivity index (χ4n) is 2.55. The van der Waals surface area contributed by atoms with E-state index in [1.807, 2.05) is 24.3 Å². The fourth-order valence-corrected chi connectivity index (χ4v) is 2.55. The zero-order valence-corrected chi connectivity index (χ0v) is 11.9. The molecule has 1 aliphatic rings. The molecule has 1 fully saturated rings. The van der Waals surface area contributed by atoms with Crippen molar-refractivity contribution in [3.05, 3.63) is 30.5 Å². The molecule has 0 atom stereocenters. The second-order valence-corrected chi connectivity index (χ2v) is 5.19.